The lowest BCUT2D eigenvalue weighted by atomic mass is 9.66. The molecule has 60 valence electrons. The van der Waals surface area contributed by atoms with E-state index in [1.807, 2.05) is 13.8 Å². The zero-order chi connectivity index (χ0) is 9.02. The first kappa shape index (κ1) is 10.6. The molecule has 0 aliphatic heterocycles. The molecule has 11 heavy (non-hydrogen) atoms. The van der Waals surface area contributed by atoms with Crippen LogP contribution in [-0.4, -0.2) is 7.85 Å². The van der Waals surface area contributed by atoms with Crippen molar-refractivity contribution in [2.24, 2.45) is 17.8 Å². The van der Waals surface area contributed by atoms with Crippen molar-refractivity contribution in [1.29, 1.82) is 5.26 Å². The van der Waals surface area contributed by atoms with Crippen molar-refractivity contribution in [2.45, 2.75) is 33.5 Å². The van der Waals surface area contributed by atoms with Gasteiger partial charge in [-0.25, -0.2) is 0 Å². The fourth-order valence-corrected chi connectivity index (χ4v) is 1.09. The molecule has 0 amide bonds. The third-order valence-electron chi connectivity index (χ3n) is 2.05. The lowest BCUT2D eigenvalue weighted by Gasteiger charge is -2.24. The number of hydrogen-bond donors (Lipinski definition) is 0. The normalized spacial score (nSPS) is 16.5. The van der Waals surface area contributed by atoms with E-state index in [4.69, 9.17) is 13.1 Å². The van der Waals surface area contributed by atoms with Crippen molar-refractivity contribution >= 4 is 7.85 Å². The van der Waals surface area contributed by atoms with Crippen LogP contribution in [0.1, 0.15) is 27.7 Å². The highest BCUT2D eigenvalue weighted by molar-refractivity contribution is 6.12. The van der Waals surface area contributed by atoms with E-state index in [0.717, 1.165) is 0 Å². The highest BCUT2D eigenvalue weighted by Crippen LogP contribution is 2.28. The highest BCUT2D eigenvalue weighted by Gasteiger charge is 2.21. The molecule has 2 heteroatoms. The Morgan fingerprint density at radius 3 is 1.64 bits per heavy atom. The summed E-state index contributed by atoms with van der Waals surface area (Å²) in [5.41, 5.74) is 0. The maximum atomic E-state index is 8.79. The van der Waals surface area contributed by atoms with Crippen molar-refractivity contribution in [3.05, 3.63) is 0 Å². The smallest absolute Gasteiger partial charge is 0.0720 e. The Hall–Kier alpha value is -0.445. The summed E-state index contributed by atoms with van der Waals surface area (Å²) in [7, 11) is 5.85. The third kappa shape index (κ3) is 2.97. The molecule has 0 aliphatic carbocycles. The highest BCUT2D eigenvalue weighted by atomic mass is 14.3. The second kappa shape index (κ2) is 4.44. The van der Waals surface area contributed by atoms with E-state index < -0.39 is 0 Å². The van der Waals surface area contributed by atoms with Crippen LogP contribution in [-0.2, 0) is 0 Å². The fraction of sp³-hybridized carbons (Fsp3) is 0.889. The van der Waals surface area contributed by atoms with Crippen LogP contribution in [0.3, 0.4) is 0 Å². The van der Waals surface area contributed by atoms with Gasteiger partial charge in [0, 0.05) is 5.92 Å². The minimum absolute atomic E-state index is 0.00463. The van der Waals surface area contributed by atoms with Gasteiger partial charge in [-0.3, -0.25) is 0 Å². The Bertz CT molecular complexity index is 146. The number of nitrogens with zero attached hydrogens (tertiary/aromatic N) is 1. The van der Waals surface area contributed by atoms with Crippen LogP contribution in [0.4, 0.5) is 0 Å². The van der Waals surface area contributed by atoms with E-state index in [-0.39, 0.29) is 11.7 Å². The molecule has 0 bridgehead atoms. The maximum Gasteiger partial charge on any atom is 0.0720 e. The van der Waals surface area contributed by atoms with Crippen LogP contribution in [0.2, 0.25) is 5.82 Å². The molecule has 0 saturated heterocycles. The molecule has 2 atom stereocenters. The topological polar surface area (TPSA) is 23.8 Å². The van der Waals surface area contributed by atoms with E-state index in [1.54, 1.807) is 0 Å². The van der Waals surface area contributed by atoms with Crippen molar-refractivity contribution in [3.8, 4) is 6.07 Å². The lowest BCUT2D eigenvalue weighted by Crippen LogP contribution is -2.18. The fourth-order valence-electron chi connectivity index (χ4n) is 1.09. The predicted molar refractivity (Wildman–Crippen MR) is 48.3 cm³/mol. The first-order valence-corrected chi connectivity index (χ1v) is 4.16. The first-order valence-electron chi connectivity index (χ1n) is 4.16. The Morgan fingerprint density at radius 2 is 1.55 bits per heavy atom. The minimum Gasteiger partial charge on any atom is -0.198 e. The molecule has 0 N–H and O–H groups in total. The average molecular weight is 149 g/mol. The van der Waals surface area contributed by atoms with Crippen molar-refractivity contribution in [3.63, 3.8) is 0 Å². The van der Waals surface area contributed by atoms with Crippen LogP contribution >= 0.6 is 0 Å². The first-order chi connectivity index (χ1) is 5.00. The van der Waals surface area contributed by atoms with E-state index in [1.165, 1.54) is 0 Å². The van der Waals surface area contributed by atoms with Gasteiger partial charge in [0.2, 0.25) is 0 Å². The summed E-state index contributed by atoms with van der Waals surface area (Å²) in [6.45, 7) is 8.18. The van der Waals surface area contributed by atoms with Gasteiger partial charge < -0.3 is 0 Å². The SMILES string of the molecule is [B]C(C(C)C)C(C#N)C(C)C. The van der Waals surface area contributed by atoms with Gasteiger partial charge in [0.25, 0.3) is 0 Å². The molecule has 2 unspecified atom stereocenters. The molecule has 1 nitrogen and oxygen atoms in total. The molecular weight excluding hydrogens is 133 g/mol. The second-order valence-electron chi connectivity index (χ2n) is 3.72. The Kier molecular flexibility index (Phi) is 4.26. The Morgan fingerprint density at radius 1 is 1.09 bits per heavy atom. The molecule has 0 spiro atoms. The van der Waals surface area contributed by atoms with Gasteiger partial charge in [-0.15, -0.1) is 0 Å². The van der Waals surface area contributed by atoms with Crippen LogP contribution < -0.4 is 0 Å². The van der Waals surface area contributed by atoms with Crippen molar-refractivity contribution in [2.75, 3.05) is 0 Å². The van der Waals surface area contributed by atoms with Crippen LogP contribution in [0.15, 0.2) is 0 Å². The maximum absolute atomic E-state index is 8.79. The lowest BCUT2D eigenvalue weighted by molar-refractivity contribution is 0.389. The monoisotopic (exact) mass is 149 g/mol. The summed E-state index contributed by atoms with van der Waals surface area (Å²) in [4.78, 5) is 0. The quantitative estimate of drug-likeness (QED) is 0.565. The molecular formula is C9H16BN. The standard InChI is InChI=1S/C9H16BN/c1-6(2)8(5-11)9(10)7(3)4/h6-9H,1-4H3. The van der Waals surface area contributed by atoms with E-state index in [9.17, 15) is 0 Å². The average Bonchev–Trinajstić information content (AvgIpc) is 1.88. The minimum atomic E-state index is -0.00463. The molecule has 0 aliphatic rings. The summed E-state index contributed by atoms with van der Waals surface area (Å²) in [6, 6.07) is 2.26. The predicted octanol–water partition coefficient (Wildman–Crippen LogP) is 2.40. The van der Waals surface area contributed by atoms with Gasteiger partial charge in [0.1, 0.15) is 0 Å². The van der Waals surface area contributed by atoms with Gasteiger partial charge in [-0.1, -0.05) is 39.4 Å². The number of hydrogen-bond acceptors (Lipinski definition) is 1. The zero-order valence-electron chi connectivity index (χ0n) is 7.83. The van der Waals surface area contributed by atoms with E-state index in [2.05, 4.69) is 19.9 Å². The molecule has 2 radical (unpaired) electrons. The summed E-state index contributed by atoms with van der Waals surface area (Å²) < 4.78 is 0. The largest absolute Gasteiger partial charge is 0.198 e. The molecule has 0 saturated carbocycles. The molecule has 0 aromatic heterocycles. The van der Waals surface area contributed by atoms with Crippen molar-refractivity contribution in [1.82, 2.24) is 0 Å². The van der Waals surface area contributed by atoms with Crippen LogP contribution in [0, 0.1) is 29.1 Å². The van der Waals surface area contributed by atoms with Gasteiger partial charge in [0.15, 0.2) is 0 Å². The number of nitriles is 1. The molecule has 0 fully saturated rings. The Balaban J connectivity index is 4.17. The van der Waals surface area contributed by atoms with Gasteiger partial charge in [-0.05, 0) is 5.92 Å². The summed E-state index contributed by atoms with van der Waals surface area (Å²) in [5.74, 6) is 0.759. The van der Waals surface area contributed by atoms with Gasteiger partial charge in [-0.2, -0.15) is 5.26 Å². The third-order valence-corrected chi connectivity index (χ3v) is 2.05. The van der Waals surface area contributed by atoms with E-state index in [0.29, 0.717) is 11.8 Å². The van der Waals surface area contributed by atoms with Crippen LogP contribution in [0.5, 0.6) is 0 Å². The zero-order valence-corrected chi connectivity index (χ0v) is 7.83. The summed E-state index contributed by atoms with van der Waals surface area (Å²) in [6.07, 6.45) is 0. The second-order valence-corrected chi connectivity index (χ2v) is 3.72. The van der Waals surface area contributed by atoms with Crippen LogP contribution in [0.25, 0.3) is 0 Å². The van der Waals surface area contributed by atoms with Gasteiger partial charge in [0.05, 0.1) is 13.9 Å². The van der Waals surface area contributed by atoms with Crippen molar-refractivity contribution < 1.29 is 0 Å². The molecule has 0 aromatic carbocycles. The Labute approximate surface area is 71.2 Å². The molecule has 0 heterocycles. The van der Waals surface area contributed by atoms with Gasteiger partial charge >= 0.3 is 0 Å². The summed E-state index contributed by atoms with van der Waals surface area (Å²) in [5, 5.41) is 8.79. The molecule has 0 rings (SSSR count). The van der Waals surface area contributed by atoms with E-state index >= 15 is 0 Å². The summed E-state index contributed by atoms with van der Waals surface area (Å²) >= 11 is 0. The molecule has 0 aromatic rings. The number of rotatable bonds is 3.